The molecule has 0 radical (unpaired) electrons. The van der Waals surface area contributed by atoms with Crippen molar-refractivity contribution in [1.82, 2.24) is 15.1 Å². The number of hydrogen-bond donors (Lipinski definition) is 1. The Balaban J connectivity index is 2.29. The minimum absolute atomic E-state index is 0.209. The first kappa shape index (κ1) is 12.4. The van der Waals surface area contributed by atoms with Gasteiger partial charge >= 0.3 is 0 Å². The molecule has 0 saturated carbocycles. The monoisotopic (exact) mass is 256 g/mol. The number of aryl methyl sites for hydroxylation is 1. The third-order valence-electron chi connectivity index (χ3n) is 3.20. The molecule has 1 atom stereocenters. The lowest BCUT2D eigenvalue weighted by Crippen LogP contribution is -2.31. The van der Waals surface area contributed by atoms with Gasteiger partial charge in [-0.15, -0.1) is 0 Å². The van der Waals surface area contributed by atoms with E-state index in [1.54, 1.807) is 6.20 Å². The van der Waals surface area contributed by atoms with E-state index < -0.39 is 0 Å². The molecule has 2 rings (SSSR count). The summed E-state index contributed by atoms with van der Waals surface area (Å²) in [7, 11) is 1.95. The Morgan fingerprint density at radius 3 is 3.00 bits per heavy atom. The van der Waals surface area contributed by atoms with Gasteiger partial charge in [-0.05, 0) is 20.4 Å². The van der Waals surface area contributed by atoms with E-state index >= 15 is 0 Å². The molecule has 94 valence electrons. The first-order chi connectivity index (χ1) is 8.17. The fraction of sp³-hybridized carbons (Fsp3) is 0.636. The Morgan fingerprint density at radius 2 is 2.41 bits per heavy atom. The maximum absolute atomic E-state index is 11.9. The van der Waals surface area contributed by atoms with Crippen LogP contribution in [0.5, 0.6) is 0 Å². The van der Waals surface area contributed by atoms with Crippen LogP contribution >= 0.6 is 11.6 Å². The van der Waals surface area contributed by atoms with Gasteiger partial charge in [-0.25, -0.2) is 4.68 Å². The largest absolute Gasteiger partial charge is 0.367 e. The van der Waals surface area contributed by atoms with Crippen LogP contribution in [-0.2, 0) is 6.54 Å². The van der Waals surface area contributed by atoms with Crippen molar-refractivity contribution >= 4 is 17.3 Å². The molecular formula is C11H17ClN4O. The second-order valence-corrected chi connectivity index (χ2v) is 4.56. The topological polar surface area (TPSA) is 50.2 Å². The van der Waals surface area contributed by atoms with Crippen molar-refractivity contribution in [2.24, 2.45) is 0 Å². The van der Waals surface area contributed by atoms with E-state index in [2.05, 4.69) is 15.3 Å². The molecule has 6 heteroatoms. The summed E-state index contributed by atoms with van der Waals surface area (Å²) in [6, 6.07) is 0.458. The molecule has 2 heterocycles. The van der Waals surface area contributed by atoms with Gasteiger partial charge in [0, 0.05) is 25.7 Å². The van der Waals surface area contributed by atoms with E-state index in [9.17, 15) is 4.79 Å². The number of nitrogens with one attached hydrogen (secondary N) is 1. The van der Waals surface area contributed by atoms with Crippen LogP contribution in [0.1, 0.15) is 13.3 Å². The van der Waals surface area contributed by atoms with Crippen molar-refractivity contribution in [3.63, 3.8) is 0 Å². The molecule has 1 saturated heterocycles. The minimum atomic E-state index is -0.209. The first-order valence-corrected chi connectivity index (χ1v) is 6.23. The Labute approximate surface area is 105 Å². The molecule has 1 unspecified atom stereocenters. The summed E-state index contributed by atoms with van der Waals surface area (Å²) in [5.74, 6) is 0. The SMILES string of the molecule is CCn1ncc(N2CCC(NC)C2)c(Cl)c1=O. The minimum Gasteiger partial charge on any atom is -0.367 e. The Bertz CT molecular complexity index is 459. The van der Waals surface area contributed by atoms with Crippen molar-refractivity contribution in [1.29, 1.82) is 0 Å². The predicted molar refractivity (Wildman–Crippen MR) is 68.9 cm³/mol. The standard InChI is InChI=1S/C11H17ClN4O/c1-3-16-11(17)10(12)9(6-14-16)15-5-4-8(7-15)13-2/h6,8,13H,3-5,7H2,1-2H3. The summed E-state index contributed by atoms with van der Waals surface area (Å²) in [6.07, 6.45) is 2.75. The van der Waals surface area contributed by atoms with Crippen LogP contribution in [0.15, 0.2) is 11.0 Å². The van der Waals surface area contributed by atoms with Gasteiger partial charge in [-0.1, -0.05) is 11.6 Å². The summed E-state index contributed by atoms with van der Waals surface area (Å²) in [5.41, 5.74) is 0.540. The Morgan fingerprint density at radius 1 is 1.65 bits per heavy atom. The second kappa shape index (κ2) is 5.06. The molecule has 0 spiro atoms. The number of hydrogen-bond acceptors (Lipinski definition) is 4. The molecule has 1 fully saturated rings. The zero-order chi connectivity index (χ0) is 12.4. The van der Waals surface area contributed by atoms with Crippen molar-refractivity contribution in [3.8, 4) is 0 Å². The molecule has 0 amide bonds. The Kier molecular flexibility index (Phi) is 3.69. The lowest BCUT2D eigenvalue weighted by atomic mass is 10.3. The average Bonchev–Trinajstić information content (AvgIpc) is 2.81. The maximum Gasteiger partial charge on any atom is 0.287 e. The van der Waals surface area contributed by atoms with Crippen LogP contribution < -0.4 is 15.8 Å². The lowest BCUT2D eigenvalue weighted by molar-refractivity contribution is 0.610. The fourth-order valence-corrected chi connectivity index (χ4v) is 2.38. The summed E-state index contributed by atoms with van der Waals surface area (Å²) >= 11 is 6.11. The molecule has 1 aromatic heterocycles. The summed E-state index contributed by atoms with van der Waals surface area (Å²) in [4.78, 5) is 14.0. The summed E-state index contributed by atoms with van der Waals surface area (Å²) in [5, 5.41) is 7.62. The highest BCUT2D eigenvalue weighted by molar-refractivity contribution is 6.33. The molecule has 0 aliphatic carbocycles. The van der Waals surface area contributed by atoms with E-state index in [4.69, 9.17) is 11.6 Å². The van der Waals surface area contributed by atoms with Crippen molar-refractivity contribution in [3.05, 3.63) is 21.6 Å². The molecule has 0 bridgehead atoms. The summed E-state index contributed by atoms with van der Waals surface area (Å²) < 4.78 is 1.37. The van der Waals surface area contributed by atoms with Gasteiger partial charge in [-0.2, -0.15) is 5.10 Å². The predicted octanol–water partition coefficient (Wildman–Crippen LogP) is 0.715. The van der Waals surface area contributed by atoms with Gasteiger partial charge < -0.3 is 10.2 Å². The van der Waals surface area contributed by atoms with Gasteiger partial charge in [0.25, 0.3) is 5.56 Å². The number of nitrogens with zero attached hydrogens (tertiary/aromatic N) is 3. The van der Waals surface area contributed by atoms with Gasteiger partial charge in [-0.3, -0.25) is 4.79 Å². The van der Waals surface area contributed by atoms with Crippen LogP contribution in [0.4, 0.5) is 5.69 Å². The number of likely N-dealkylation sites (N-methyl/N-ethyl adjacent to an activating group) is 1. The fourth-order valence-electron chi connectivity index (χ4n) is 2.12. The van der Waals surface area contributed by atoms with Gasteiger partial charge in [0.2, 0.25) is 0 Å². The zero-order valence-electron chi connectivity index (χ0n) is 10.1. The molecular weight excluding hydrogens is 240 g/mol. The third-order valence-corrected chi connectivity index (χ3v) is 3.56. The van der Waals surface area contributed by atoms with E-state index in [-0.39, 0.29) is 10.6 Å². The highest BCUT2D eigenvalue weighted by Crippen LogP contribution is 2.24. The van der Waals surface area contributed by atoms with Crippen LogP contribution in [0, 0.1) is 0 Å². The molecule has 1 aliphatic heterocycles. The molecule has 1 aliphatic rings. The van der Waals surface area contributed by atoms with E-state index in [0.717, 1.165) is 25.2 Å². The van der Waals surface area contributed by atoms with Crippen molar-refractivity contribution in [2.75, 3.05) is 25.0 Å². The molecule has 1 aromatic rings. The molecule has 0 aromatic carbocycles. The highest BCUT2D eigenvalue weighted by Gasteiger charge is 2.24. The first-order valence-electron chi connectivity index (χ1n) is 5.85. The zero-order valence-corrected chi connectivity index (χ0v) is 10.9. The lowest BCUT2D eigenvalue weighted by Gasteiger charge is -2.19. The average molecular weight is 257 g/mol. The molecule has 1 N–H and O–H groups in total. The van der Waals surface area contributed by atoms with E-state index in [0.29, 0.717) is 12.6 Å². The quantitative estimate of drug-likeness (QED) is 0.866. The normalized spacial score (nSPS) is 19.9. The smallest absolute Gasteiger partial charge is 0.287 e. The van der Waals surface area contributed by atoms with Crippen molar-refractivity contribution in [2.45, 2.75) is 25.9 Å². The Hall–Kier alpha value is -1.07. The van der Waals surface area contributed by atoms with Gasteiger partial charge in [0.15, 0.2) is 0 Å². The molecule has 17 heavy (non-hydrogen) atoms. The number of rotatable bonds is 3. The van der Waals surface area contributed by atoms with Crippen molar-refractivity contribution < 1.29 is 0 Å². The number of anilines is 1. The maximum atomic E-state index is 11.9. The molecule has 5 nitrogen and oxygen atoms in total. The van der Waals surface area contributed by atoms with Crippen LogP contribution in [0.25, 0.3) is 0 Å². The van der Waals surface area contributed by atoms with E-state index in [1.807, 2.05) is 14.0 Å². The second-order valence-electron chi connectivity index (χ2n) is 4.18. The third kappa shape index (κ3) is 2.30. The van der Waals surface area contributed by atoms with Gasteiger partial charge in [0.1, 0.15) is 5.02 Å². The number of halogens is 1. The van der Waals surface area contributed by atoms with Crippen LogP contribution in [-0.4, -0.2) is 36.0 Å². The van der Waals surface area contributed by atoms with E-state index in [1.165, 1.54) is 4.68 Å². The van der Waals surface area contributed by atoms with Gasteiger partial charge in [0.05, 0.1) is 11.9 Å². The van der Waals surface area contributed by atoms with Crippen LogP contribution in [0.2, 0.25) is 5.02 Å². The number of aromatic nitrogens is 2. The van der Waals surface area contributed by atoms with Crippen LogP contribution in [0.3, 0.4) is 0 Å². The summed E-state index contributed by atoms with van der Waals surface area (Å²) in [6.45, 7) is 4.19. The highest BCUT2D eigenvalue weighted by atomic mass is 35.5.